The number of aliphatic imine (C=N–C) groups is 1. The summed E-state index contributed by atoms with van der Waals surface area (Å²) in [6.45, 7) is 3.77. The van der Waals surface area contributed by atoms with Crippen molar-refractivity contribution in [2.45, 2.75) is 44.9 Å². The Labute approximate surface area is 206 Å². The molecule has 0 aliphatic rings. The van der Waals surface area contributed by atoms with Gasteiger partial charge in [-0.25, -0.2) is 4.98 Å². The number of aliphatic hydroxyl groups excluding tert-OH is 1. The molecule has 3 unspecified atom stereocenters. The van der Waals surface area contributed by atoms with Gasteiger partial charge in [0.25, 0.3) is 5.91 Å². The van der Waals surface area contributed by atoms with Crippen LogP contribution in [0.2, 0.25) is 5.02 Å². The van der Waals surface area contributed by atoms with Crippen LogP contribution in [-0.2, 0) is 9.59 Å². The third-order valence-electron chi connectivity index (χ3n) is 4.88. The van der Waals surface area contributed by atoms with Crippen molar-refractivity contribution >= 4 is 46.5 Å². The monoisotopic (exact) mass is 508 g/mol. The van der Waals surface area contributed by atoms with Gasteiger partial charge in [-0.15, -0.1) is 11.3 Å². The molecule has 34 heavy (non-hydrogen) atoms. The molecule has 0 saturated heterocycles. The Morgan fingerprint density at radius 3 is 2.53 bits per heavy atom. The SMILES string of the molecule is CC(C)C(NC(=O)C(O)c1cccc(Cl)c1)C(=O)NC(CCCN=C(N)N)C(=O)c1nccs1. The molecule has 0 aliphatic carbocycles. The number of guanidine groups is 1. The number of nitrogens with one attached hydrogen (secondary N) is 2. The number of aliphatic hydroxyl groups is 1. The molecule has 3 atom stereocenters. The number of nitrogens with zero attached hydrogens (tertiary/aromatic N) is 2. The molecule has 1 heterocycles. The number of hydrogen-bond donors (Lipinski definition) is 5. The van der Waals surface area contributed by atoms with Crippen molar-refractivity contribution in [3.8, 4) is 0 Å². The molecule has 12 heteroatoms. The number of carbonyl (C=O) groups excluding carboxylic acids is 3. The van der Waals surface area contributed by atoms with Crippen LogP contribution >= 0.6 is 22.9 Å². The molecule has 0 fully saturated rings. The summed E-state index contributed by atoms with van der Waals surface area (Å²) in [5, 5.41) is 18.0. The number of rotatable bonds is 12. The van der Waals surface area contributed by atoms with E-state index < -0.39 is 30.0 Å². The van der Waals surface area contributed by atoms with Crippen molar-refractivity contribution in [3.05, 3.63) is 51.4 Å². The summed E-state index contributed by atoms with van der Waals surface area (Å²) < 4.78 is 0. The Morgan fingerprint density at radius 1 is 1.21 bits per heavy atom. The van der Waals surface area contributed by atoms with Gasteiger partial charge in [0.1, 0.15) is 6.04 Å². The predicted molar refractivity (Wildman–Crippen MR) is 131 cm³/mol. The molecule has 184 valence electrons. The van der Waals surface area contributed by atoms with Gasteiger partial charge < -0.3 is 27.2 Å². The van der Waals surface area contributed by atoms with E-state index in [2.05, 4.69) is 20.6 Å². The van der Waals surface area contributed by atoms with Gasteiger partial charge in [-0.2, -0.15) is 0 Å². The number of Topliss-reactive ketones (excluding diaryl/α,β-unsaturated/α-hetero) is 1. The lowest BCUT2D eigenvalue weighted by atomic mass is 10.00. The van der Waals surface area contributed by atoms with E-state index in [1.165, 1.54) is 23.6 Å². The second-order valence-electron chi connectivity index (χ2n) is 7.90. The number of halogens is 1. The van der Waals surface area contributed by atoms with E-state index >= 15 is 0 Å². The van der Waals surface area contributed by atoms with Crippen molar-refractivity contribution in [3.63, 3.8) is 0 Å². The zero-order chi connectivity index (χ0) is 25.3. The molecular formula is C22H29ClN6O4S. The number of thiazole rings is 1. The number of nitrogens with two attached hydrogens (primary N) is 2. The lowest BCUT2D eigenvalue weighted by molar-refractivity contribution is -0.135. The Morgan fingerprint density at radius 2 is 1.94 bits per heavy atom. The minimum atomic E-state index is -1.51. The van der Waals surface area contributed by atoms with Crippen LogP contribution in [0.3, 0.4) is 0 Å². The van der Waals surface area contributed by atoms with E-state index in [9.17, 15) is 19.5 Å². The fourth-order valence-corrected chi connectivity index (χ4v) is 3.95. The molecule has 10 nitrogen and oxygen atoms in total. The molecule has 0 saturated carbocycles. The minimum Gasteiger partial charge on any atom is -0.378 e. The third kappa shape index (κ3) is 8.08. The normalized spacial score (nSPS) is 13.6. The van der Waals surface area contributed by atoms with Crippen LogP contribution in [0.5, 0.6) is 0 Å². The summed E-state index contributed by atoms with van der Waals surface area (Å²) in [5.41, 5.74) is 11.0. The Bertz CT molecular complexity index is 1010. The van der Waals surface area contributed by atoms with Crippen LogP contribution in [-0.4, -0.2) is 52.3 Å². The van der Waals surface area contributed by atoms with Crippen molar-refractivity contribution in [1.82, 2.24) is 15.6 Å². The molecule has 1 aromatic carbocycles. The van der Waals surface area contributed by atoms with Crippen molar-refractivity contribution in [1.29, 1.82) is 0 Å². The number of carbonyl (C=O) groups is 3. The van der Waals surface area contributed by atoms with E-state index in [1.54, 1.807) is 37.4 Å². The van der Waals surface area contributed by atoms with Crippen LogP contribution in [0.4, 0.5) is 0 Å². The Hall–Kier alpha value is -3.02. The quantitative estimate of drug-likeness (QED) is 0.125. The lowest BCUT2D eigenvalue weighted by Crippen LogP contribution is -2.54. The Kier molecular flexibility index (Phi) is 10.4. The fourth-order valence-electron chi connectivity index (χ4n) is 3.12. The van der Waals surface area contributed by atoms with Crippen molar-refractivity contribution < 1.29 is 19.5 Å². The van der Waals surface area contributed by atoms with Crippen LogP contribution in [0.1, 0.15) is 48.2 Å². The smallest absolute Gasteiger partial charge is 0.254 e. The molecule has 0 radical (unpaired) electrons. The molecular weight excluding hydrogens is 480 g/mol. The summed E-state index contributed by atoms with van der Waals surface area (Å²) in [7, 11) is 0. The number of ketones is 1. The maximum atomic E-state index is 13.1. The van der Waals surface area contributed by atoms with Gasteiger partial charge in [0.2, 0.25) is 11.7 Å². The van der Waals surface area contributed by atoms with Crippen molar-refractivity contribution in [2.75, 3.05) is 6.54 Å². The van der Waals surface area contributed by atoms with Crippen LogP contribution < -0.4 is 22.1 Å². The summed E-state index contributed by atoms with van der Waals surface area (Å²) in [5.74, 6) is -2.05. The van der Waals surface area contributed by atoms with Gasteiger partial charge in [-0.1, -0.05) is 37.6 Å². The van der Waals surface area contributed by atoms with E-state index in [0.29, 0.717) is 17.0 Å². The van der Waals surface area contributed by atoms with Gasteiger partial charge in [-0.3, -0.25) is 19.4 Å². The molecule has 2 amide bonds. The standard InChI is InChI=1S/C22H29ClN6O4S/c1-12(2)16(29-20(33)17(30)13-5-3-6-14(23)11-13)19(32)28-15(7-4-8-27-22(24)25)18(31)21-26-9-10-34-21/h3,5-6,9-12,15-17,30H,4,7-8H2,1-2H3,(H,28,32)(H,29,33)(H4,24,25,27). The second-order valence-corrected chi connectivity index (χ2v) is 9.23. The first kappa shape index (κ1) is 27.2. The van der Waals surface area contributed by atoms with Gasteiger partial charge in [0.05, 0.1) is 6.04 Å². The number of amides is 2. The lowest BCUT2D eigenvalue weighted by Gasteiger charge is -2.26. The summed E-state index contributed by atoms with van der Waals surface area (Å²) in [4.78, 5) is 46.6. The highest BCUT2D eigenvalue weighted by atomic mass is 35.5. The molecule has 0 bridgehead atoms. The molecule has 0 spiro atoms. The van der Waals surface area contributed by atoms with Gasteiger partial charge in [0.15, 0.2) is 17.1 Å². The highest BCUT2D eigenvalue weighted by Gasteiger charge is 2.31. The van der Waals surface area contributed by atoms with Crippen molar-refractivity contribution in [2.24, 2.45) is 22.4 Å². The average molecular weight is 509 g/mol. The fraction of sp³-hybridized carbons (Fsp3) is 0.409. The second kappa shape index (κ2) is 13.0. The van der Waals surface area contributed by atoms with Crippen LogP contribution in [0.15, 0.2) is 40.8 Å². The van der Waals surface area contributed by atoms with Gasteiger partial charge in [0, 0.05) is 23.1 Å². The molecule has 1 aromatic heterocycles. The average Bonchev–Trinajstić information content (AvgIpc) is 3.32. The predicted octanol–water partition coefficient (Wildman–Crippen LogP) is 1.39. The maximum Gasteiger partial charge on any atom is 0.254 e. The van der Waals surface area contributed by atoms with Gasteiger partial charge >= 0.3 is 0 Å². The molecule has 2 aromatic rings. The largest absolute Gasteiger partial charge is 0.378 e. The molecule has 2 rings (SSSR count). The number of benzene rings is 1. The zero-order valence-electron chi connectivity index (χ0n) is 18.9. The number of hydrogen-bond acceptors (Lipinski definition) is 7. The molecule has 7 N–H and O–H groups in total. The maximum absolute atomic E-state index is 13.1. The highest BCUT2D eigenvalue weighted by Crippen LogP contribution is 2.19. The first-order valence-corrected chi connectivity index (χ1v) is 11.9. The minimum absolute atomic E-state index is 0.0623. The highest BCUT2D eigenvalue weighted by molar-refractivity contribution is 7.11. The molecule has 0 aliphatic heterocycles. The van der Waals surface area contributed by atoms with E-state index in [4.69, 9.17) is 23.1 Å². The summed E-state index contributed by atoms with van der Waals surface area (Å²) in [6.07, 6.45) is 0.696. The van der Waals surface area contributed by atoms with E-state index in [-0.39, 0.29) is 35.6 Å². The summed E-state index contributed by atoms with van der Waals surface area (Å²) in [6, 6.07) is 4.37. The first-order valence-electron chi connectivity index (χ1n) is 10.6. The van der Waals surface area contributed by atoms with E-state index in [0.717, 1.165) is 0 Å². The Balaban J connectivity index is 2.12. The zero-order valence-corrected chi connectivity index (χ0v) is 20.5. The van der Waals surface area contributed by atoms with Gasteiger partial charge in [-0.05, 0) is 36.5 Å². The number of aromatic nitrogens is 1. The van der Waals surface area contributed by atoms with E-state index in [1.807, 2.05) is 0 Å². The first-order chi connectivity index (χ1) is 16.1. The van der Waals surface area contributed by atoms with Crippen LogP contribution in [0.25, 0.3) is 0 Å². The summed E-state index contributed by atoms with van der Waals surface area (Å²) >= 11 is 7.10. The topological polar surface area (TPSA) is 173 Å². The van der Waals surface area contributed by atoms with Crippen LogP contribution in [0, 0.1) is 5.92 Å². The third-order valence-corrected chi connectivity index (χ3v) is 5.90.